The highest BCUT2D eigenvalue weighted by molar-refractivity contribution is 6.49. The maximum Gasteiger partial charge on any atom is 0.551 e. The van der Waals surface area contributed by atoms with Gasteiger partial charge in [-0.3, -0.25) is 19.2 Å². The summed E-state index contributed by atoms with van der Waals surface area (Å²) in [4.78, 5) is 59.1. The van der Waals surface area contributed by atoms with Gasteiger partial charge in [-0.1, -0.05) is 37.0 Å². The third-order valence-corrected chi connectivity index (χ3v) is 4.68. The highest BCUT2D eigenvalue weighted by Crippen LogP contribution is 2.20. The number of methoxy groups -OCH3 is 1. The predicted molar refractivity (Wildman–Crippen MR) is 122 cm³/mol. The SMILES string of the molecule is COC(=O)CC(=O)OB(OCC(=O)O)[C@H](CC(C)C)NC(=O)CNC(=O)c1cc(Cl)ccc1Cl. The molecule has 0 aliphatic rings. The van der Waals surface area contributed by atoms with Crippen molar-refractivity contribution in [2.45, 2.75) is 32.6 Å². The minimum atomic E-state index is -1.52. The summed E-state index contributed by atoms with van der Waals surface area (Å²) in [6, 6.07) is 4.28. The minimum Gasteiger partial charge on any atom is -0.508 e. The minimum absolute atomic E-state index is 0.0413. The van der Waals surface area contributed by atoms with Gasteiger partial charge in [0.25, 0.3) is 5.91 Å². The summed E-state index contributed by atoms with van der Waals surface area (Å²) in [5.74, 6) is -5.59. The standard InChI is InChI=1S/C20H25BCl2N2O9/c1-11(2)6-15(21(33-10-17(27)28)34-19(30)8-18(29)32-3)25-16(26)9-24-20(31)13-7-12(22)4-5-14(13)23/h4-5,7,11,15H,6,8-10H2,1-3H3,(H,24,31)(H,25,26)(H,27,28)/t15-/m0/s1. The second-order valence-electron chi connectivity index (χ2n) is 7.43. The van der Waals surface area contributed by atoms with Gasteiger partial charge >= 0.3 is 25.0 Å². The Morgan fingerprint density at radius 2 is 1.79 bits per heavy atom. The number of hydrogen-bond acceptors (Lipinski definition) is 8. The van der Waals surface area contributed by atoms with E-state index in [9.17, 15) is 24.0 Å². The monoisotopic (exact) mass is 518 g/mol. The lowest BCUT2D eigenvalue weighted by Gasteiger charge is -2.25. The number of amides is 2. The molecule has 0 saturated carbocycles. The molecular formula is C20H25BCl2N2O9. The lowest BCUT2D eigenvalue weighted by molar-refractivity contribution is -0.150. The Kier molecular flexibility index (Phi) is 12.4. The fraction of sp³-hybridized carbons (Fsp3) is 0.450. The molecule has 1 aromatic rings. The molecule has 3 N–H and O–H groups in total. The smallest absolute Gasteiger partial charge is 0.508 e. The number of carbonyl (C=O) groups excluding carboxylic acids is 4. The molecule has 14 heteroatoms. The third-order valence-electron chi connectivity index (χ3n) is 4.12. The number of carboxylic acids is 1. The van der Waals surface area contributed by atoms with E-state index in [2.05, 4.69) is 15.4 Å². The number of esters is 1. The molecule has 0 aromatic heterocycles. The maximum absolute atomic E-state index is 12.5. The van der Waals surface area contributed by atoms with Crippen LogP contribution in [0, 0.1) is 5.92 Å². The molecule has 0 saturated heterocycles. The van der Waals surface area contributed by atoms with Gasteiger partial charge < -0.3 is 29.8 Å². The van der Waals surface area contributed by atoms with E-state index >= 15 is 0 Å². The van der Waals surface area contributed by atoms with Crippen molar-refractivity contribution in [1.29, 1.82) is 0 Å². The van der Waals surface area contributed by atoms with Gasteiger partial charge in [0.05, 0.1) is 30.2 Å². The first-order valence-corrected chi connectivity index (χ1v) is 10.8. The van der Waals surface area contributed by atoms with Gasteiger partial charge in [-0.05, 0) is 30.5 Å². The van der Waals surface area contributed by atoms with E-state index in [0.717, 1.165) is 7.11 Å². The van der Waals surface area contributed by atoms with Gasteiger partial charge in [0.2, 0.25) is 5.91 Å². The second kappa shape index (κ2) is 14.4. The normalized spacial score (nSPS) is 11.4. The lowest BCUT2D eigenvalue weighted by Crippen LogP contribution is -2.53. The van der Waals surface area contributed by atoms with Crippen molar-refractivity contribution in [3.05, 3.63) is 33.8 Å². The maximum atomic E-state index is 12.5. The molecule has 1 atom stereocenters. The van der Waals surface area contributed by atoms with Gasteiger partial charge in [-0.2, -0.15) is 0 Å². The largest absolute Gasteiger partial charge is 0.551 e. The Labute approximate surface area is 206 Å². The fourth-order valence-corrected chi connectivity index (χ4v) is 3.05. The first-order chi connectivity index (χ1) is 15.9. The van der Waals surface area contributed by atoms with Gasteiger partial charge in [0, 0.05) is 5.02 Å². The zero-order chi connectivity index (χ0) is 25.8. The summed E-state index contributed by atoms with van der Waals surface area (Å²) in [7, 11) is -0.432. The number of hydrogen-bond donors (Lipinski definition) is 3. The van der Waals surface area contributed by atoms with Crippen LogP contribution < -0.4 is 10.6 Å². The third kappa shape index (κ3) is 10.9. The van der Waals surface area contributed by atoms with Crippen LogP contribution in [-0.4, -0.2) is 68.1 Å². The number of carboxylic acid groups (broad SMARTS) is 1. The molecule has 2 amide bonds. The Bertz CT molecular complexity index is 914. The van der Waals surface area contributed by atoms with E-state index in [0.29, 0.717) is 0 Å². The molecule has 34 heavy (non-hydrogen) atoms. The quantitative estimate of drug-likeness (QED) is 0.200. The molecule has 11 nitrogen and oxygen atoms in total. The number of halogens is 2. The molecule has 0 spiro atoms. The summed E-state index contributed by atoms with van der Waals surface area (Å²) < 4.78 is 14.6. The summed E-state index contributed by atoms with van der Waals surface area (Å²) in [5.41, 5.74) is 0.0695. The van der Waals surface area contributed by atoms with E-state index in [1.807, 2.05) is 13.8 Å². The highest BCUT2D eigenvalue weighted by Gasteiger charge is 2.37. The molecule has 0 heterocycles. The first-order valence-electron chi connectivity index (χ1n) is 10.0. The average molecular weight is 519 g/mol. The van der Waals surface area contributed by atoms with E-state index in [-0.39, 0.29) is 27.9 Å². The Morgan fingerprint density at radius 3 is 2.38 bits per heavy atom. The summed E-state index contributed by atoms with van der Waals surface area (Å²) in [5, 5.41) is 14.3. The summed E-state index contributed by atoms with van der Waals surface area (Å²) in [6.07, 6.45) is -0.516. The van der Waals surface area contributed by atoms with Crippen LogP contribution in [0.25, 0.3) is 0 Å². The van der Waals surface area contributed by atoms with Crippen molar-refractivity contribution >= 4 is 60.0 Å². The van der Waals surface area contributed by atoms with Gasteiger partial charge in [0.1, 0.15) is 13.0 Å². The number of benzene rings is 1. The van der Waals surface area contributed by atoms with Crippen molar-refractivity contribution in [3.8, 4) is 0 Å². The molecule has 0 unspecified atom stereocenters. The van der Waals surface area contributed by atoms with Crippen molar-refractivity contribution < 1.29 is 43.1 Å². The fourth-order valence-electron chi connectivity index (χ4n) is 2.68. The van der Waals surface area contributed by atoms with Crippen LogP contribution in [0.5, 0.6) is 0 Å². The van der Waals surface area contributed by atoms with Crippen molar-refractivity contribution in [1.82, 2.24) is 10.6 Å². The van der Waals surface area contributed by atoms with Crippen molar-refractivity contribution in [2.24, 2.45) is 5.92 Å². The van der Waals surface area contributed by atoms with E-state index in [4.69, 9.17) is 37.6 Å². The lowest BCUT2D eigenvalue weighted by atomic mass is 9.73. The molecule has 1 aromatic carbocycles. The van der Waals surface area contributed by atoms with Gasteiger partial charge in [0.15, 0.2) is 0 Å². The van der Waals surface area contributed by atoms with E-state index in [1.54, 1.807) is 0 Å². The molecule has 0 aliphatic carbocycles. The molecule has 0 aliphatic heterocycles. The summed E-state index contributed by atoms with van der Waals surface area (Å²) in [6.45, 7) is 2.32. The highest BCUT2D eigenvalue weighted by atomic mass is 35.5. The Hall–Kier alpha value is -2.83. The number of nitrogens with one attached hydrogen (secondary N) is 2. The topological polar surface area (TPSA) is 157 Å². The molecular weight excluding hydrogens is 494 g/mol. The molecule has 0 fully saturated rings. The Balaban J connectivity index is 2.90. The van der Waals surface area contributed by atoms with Crippen LogP contribution in [0.4, 0.5) is 0 Å². The second-order valence-corrected chi connectivity index (χ2v) is 8.27. The number of aliphatic carboxylic acids is 1. The number of ether oxygens (including phenoxy) is 1. The summed E-state index contributed by atoms with van der Waals surface area (Å²) >= 11 is 11.8. The zero-order valence-electron chi connectivity index (χ0n) is 18.8. The van der Waals surface area contributed by atoms with Crippen LogP contribution in [0.3, 0.4) is 0 Å². The molecule has 0 radical (unpaired) electrons. The van der Waals surface area contributed by atoms with Crippen LogP contribution in [0.15, 0.2) is 18.2 Å². The molecule has 0 bridgehead atoms. The van der Waals surface area contributed by atoms with Crippen LogP contribution in [0.2, 0.25) is 10.0 Å². The van der Waals surface area contributed by atoms with Crippen LogP contribution in [-0.2, 0) is 33.2 Å². The first kappa shape index (κ1) is 29.2. The van der Waals surface area contributed by atoms with Gasteiger partial charge in [-0.15, -0.1) is 0 Å². The van der Waals surface area contributed by atoms with E-state index in [1.165, 1.54) is 18.2 Å². The van der Waals surface area contributed by atoms with Crippen LogP contribution in [0.1, 0.15) is 37.0 Å². The molecule has 186 valence electrons. The van der Waals surface area contributed by atoms with Gasteiger partial charge in [-0.25, -0.2) is 4.79 Å². The number of carbonyl (C=O) groups is 5. The van der Waals surface area contributed by atoms with Crippen LogP contribution >= 0.6 is 23.2 Å². The zero-order valence-corrected chi connectivity index (χ0v) is 20.3. The van der Waals surface area contributed by atoms with Crippen molar-refractivity contribution in [2.75, 3.05) is 20.3 Å². The average Bonchev–Trinajstić information content (AvgIpc) is 2.75. The van der Waals surface area contributed by atoms with E-state index < -0.39 is 62.4 Å². The molecule has 1 rings (SSSR count). The number of rotatable bonds is 13. The predicted octanol–water partition coefficient (Wildman–Crippen LogP) is 1.49. The van der Waals surface area contributed by atoms with Crippen molar-refractivity contribution in [3.63, 3.8) is 0 Å². The Morgan fingerprint density at radius 1 is 1.12 bits per heavy atom.